The highest BCUT2D eigenvalue weighted by molar-refractivity contribution is 7.07. The van der Waals surface area contributed by atoms with Crippen molar-refractivity contribution in [2.24, 2.45) is 5.92 Å². The quantitative estimate of drug-likeness (QED) is 0.497. The molecule has 1 amide bonds. The number of amides is 1. The highest BCUT2D eigenvalue weighted by Crippen LogP contribution is 2.27. The minimum Gasteiger partial charge on any atom is -0.465 e. The lowest BCUT2D eigenvalue weighted by Gasteiger charge is -2.33. The molecule has 3 aromatic rings. The van der Waals surface area contributed by atoms with Crippen molar-refractivity contribution in [3.05, 3.63) is 64.1 Å². The third-order valence-corrected chi connectivity index (χ3v) is 6.58. The van der Waals surface area contributed by atoms with Gasteiger partial charge in [0.05, 0.1) is 23.4 Å². The van der Waals surface area contributed by atoms with Gasteiger partial charge in [0.2, 0.25) is 0 Å². The topological polar surface area (TPSA) is 69.6 Å². The first-order valence-corrected chi connectivity index (χ1v) is 11.7. The Kier molecular flexibility index (Phi) is 7.04. The first kappa shape index (κ1) is 21.6. The van der Waals surface area contributed by atoms with Crippen molar-refractivity contribution in [3.63, 3.8) is 0 Å². The predicted octanol–water partition coefficient (Wildman–Crippen LogP) is 5.65. The number of carbonyl (C=O) groups is 1. The fourth-order valence-corrected chi connectivity index (χ4v) is 4.69. The first-order valence-electron chi connectivity index (χ1n) is 10.4. The van der Waals surface area contributed by atoms with E-state index in [1.807, 2.05) is 47.8 Å². The van der Waals surface area contributed by atoms with Crippen LogP contribution in [0.1, 0.15) is 25.0 Å². The summed E-state index contributed by atoms with van der Waals surface area (Å²) in [5.74, 6) is 1.50. The molecule has 3 heterocycles. The summed E-state index contributed by atoms with van der Waals surface area (Å²) >= 11 is 7.62. The van der Waals surface area contributed by atoms with E-state index in [-0.39, 0.29) is 0 Å². The molecule has 6 nitrogen and oxygen atoms in total. The second-order valence-corrected chi connectivity index (χ2v) is 8.95. The smallest absolute Gasteiger partial charge is 0.407 e. The molecule has 2 aromatic heterocycles. The summed E-state index contributed by atoms with van der Waals surface area (Å²) in [5.41, 5.74) is 4.48. The Bertz CT molecular complexity index is 1010. The number of anilines is 1. The van der Waals surface area contributed by atoms with Gasteiger partial charge in [0.25, 0.3) is 0 Å². The maximum absolute atomic E-state index is 11.6. The fraction of sp³-hybridized carbons (Fsp3) is 0.348. The van der Waals surface area contributed by atoms with E-state index in [1.165, 1.54) is 16.2 Å². The average Bonchev–Trinajstić information content (AvgIpc) is 3.30. The van der Waals surface area contributed by atoms with Gasteiger partial charge in [-0.2, -0.15) is 0 Å². The zero-order chi connectivity index (χ0) is 21.6. The van der Waals surface area contributed by atoms with Gasteiger partial charge < -0.3 is 14.9 Å². The molecule has 0 saturated carbocycles. The lowest BCUT2D eigenvalue weighted by atomic mass is 9.93. The van der Waals surface area contributed by atoms with Crippen molar-refractivity contribution in [1.82, 2.24) is 14.9 Å². The lowest BCUT2D eigenvalue weighted by molar-refractivity contribution is 0.137. The standard InChI is InChI=1S/C23H25ClN4O2S/c24-19-4-1-3-18(13-19)21-5-2-6-22(26-21)27-10-7-17(8-11-27)9-12-28(23(29)30)14-20-15-31-16-25-20/h1-6,13,15-17H,7-12,14H2,(H,29,30). The molecule has 1 aliphatic heterocycles. The van der Waals surface area contributed by atoms with Crippen LogP contribution in [-0.4, -0.2) is 45.7 Å². The van der Waals surface area contributed by atoms with Gasteiger partial charge in [-0.25, -0.2) is 14.8 Å². The summed E-state index contributed by atoms with van der Waals surface area (Å²) < 4.78 is 0. The molecule has 1 aliphatic rings. The number of piperidine rings is 1. The Morgan fingerprint density at radius 1 is 1.23 bits per heavy atom. The van der Waals surface area contributed by atoms with Crippen molar-refractivity contribution in [1.29, 1.82) is 0 Å². The molecule has 162 valence electrons. The number of pyridine rings is 1. The summed E-state index contributed by atoms with van der Waals surface area (Å²) in [6.07, 6.45) is 2.06. The number of halogens is 1. The SMILES string of the molecule is O=C(O)N(CCC1CCN(c2cccc(-c3cccc(Cl)c3)n2)CC1)Cc1cscn1. The van der Waals surface area contributed by atoms with Crippen LogP contribution >= 0.6 is 22.9 Å². The molecule has 0 atom stereocenters. The minimum absolute atomic E-state index is 0.359. The second kappa shape index (κ2) is 10.1. The average molecular weight is 457 g/mol. The number of benzene rings is 1. The van der Waals surface area contributed by atoms with Crippen LogP contribution < -0.4 is 4.90 Å². The normalized spacial score (nSPS) is 14.5. The summed E-state index contributed by atoms with van der Waals surface area (Å²) in [5, 5.41) is 12.1. The van der Waals surface area contributed by atoms with E-state index in [2.05, 4.69) is 9.88 Å². The van der Waals surface area contributed by atoms with Gasteiger partial charge in [-0.15, -0.1) is 11.3 Å². The molecule has 4 rings (SSSR count). The molecule has 1 aromatic carbocycles. The van der Waals surface area contributed by atoms with Crippen LogP contribution in [0.15, 0.2) is 53.4 Å². The highest BCUT2D eigenvalue weighted by Gasteiger charge is 2.22. The molecular formula is C23H25ClN4O2S. The van der Waals surface area contributed by atoms with Crippen molar-refractivity contribution in [3.8, 4) is 11.3 Å². The Morgan fingerprint density at radius 2 is 2.03 bits per heavy atom. The largest absolute Gasteiger partial charge is 0.465 e. The van der Waals surface area contributed by atoms with E-state index < -0.39 is 6.09 Å². The van der Waals surface area contributed by atoms with Crippen LogP contribution in [-0.2, 0) is 6.54 Å². The molecule has 31 heavy (non-hydrogen) atoms. The van der Waals surface area contributed by atoms with Gasteiger partial charge in [0, 0.05) is 35.6 Å². The van der Waals surface area contributed by atoms with Crippen LogP contribution in [0.4, 0.5) is 10.6 Å². The monoisotopic (exact) mass is 456 g/mol. The molecule has 1 N–H and O–H groups in total. The number of aromatic nitrogens is 2. The maximum atomic E-state index is 11.6. The molecule has 0 spiro atoms. The van der Waals surface area contributed by atoms with Crippen LogP contribution in [0.25, 0.3) is 11.3 Å². The number of hydrogen-bond donors (Lipinski definition) is 1. The Labute approximate surface area is 191 Å². The van der Waals surface area contributed by atoms with E-state index in [0.717, 1.165) is 55.1 Å². The second-order valence-electron chi connectivity index (χ2n) is 7.79. The summed E-state index contributed by atoms with van der Waals surface area (Å²) in [4.78, 5) is 24.4. The zero-order valence-electron chi connectivity index (χ0n) is 17.2. The van der Waals surface area contributed by atoms with Crippen LogP contribution in [0, 0.1) is 5.92 Å². The van der Waals surface area contributed by atoms with Gasteiger partial charge in [-0.1, -0.05) is 29.8 Å². The maximum Gasteiger partial charge on any atom is 0.407 e. The van der Waals surface area contributed by atoms with E-state index in [4.69, 9.17) is 16.6 Å². The fourth-order valence-electron chi connectivity index (χ4n) is 3.95. The predicted molar refractivity (Wildman–Crippen MR) is 125 cm³/mol. The van der Waals surface area contributed by atoms with Gasteiger partial charge in [0.15, 0.2) is 0 Å². The number of hydrogen-bond acceptors (Lipinski definition) is 5. The molecule has 0 aliphatic carbocycles. The van der Waals surface area contributed by atoms with E-state index in [1.54, 1.807) is 5.51 Å². The minimum atomic E-state index is -0.882. The Hall–Kier alpha value is -2.64. The number of thiazole rings is 1. The Morgan fingerprint density at radius 3 is 2.74 bits per heavy atom. The number of nitrogens with zero attached hydrogens (tertiary/aromatic N) is 4. The molecule has 0 unspecified atom stereocenters. The van der Waals surface area contributed by atoms with Gasteiger partial charge in [-0.3, -0.25) is 0 Å². The highest BCUT2D eigenvalue weighted by atomic mass is 35.5. The first-order chi connectivity index (χ1) is 15.1. The Balaban J connectivity index is 1.31. The molecule has 0 bridgehead atoms. The third kappa shape index (κ3) is 5.74. The number of rotatable bonds is 7. The summed E-state index contributed by atoms with van der Waals surface area (Å²) in [7, 11) is 0. The van der Waals surface area contributed by atoms with Crippen LogP contribution in [0.2, 0.25) is 5.02 Å². The summed E-state index contributed by atoms with van der Waals surface area (Å²) in [6.45, 7) is 2.75. The van der Waals surface area contributed by atoms with E-state index in [0.29, 0.717) is 24.0 Å². The molecule has 1 fully saturated rings. The van der Waals surface area contributed by atoms with Gasteiger partial charge in [-0.05, 0) is 49.4 Å². The van der Waals surface area contributed by atoms with Crippen molar-refractivity contribution in [2.45, 2.75) is 25.8 Å². The molecule has 1 saturated heterocycles. The summed E-state index contributed by atoms with van der Waals surface area (Å²) in [6, 6.07) is 13.8. The third-order valence-electron chi connectivity index (χ3n) is 5.71. The van der Waals surface area contributed by atoms with Gasteiger partial charge >= 0.3 is 6.09 Å². The van der Waals surface area contributed by atoms with Crippen LogP contribution in [0.3, 0.4) is 0 Å². The lowest BCUT2D eigenvalue weighted by Crippen LogP contribution is -2.36. The molecular weight excluding hydrogens is 432 g/mol. The van der Waals surface area contributed by atoms with Gasteiger partial charge in [0.1, 0.15) is 5.82 Å². The molecule has 8 heteroatoms. The number of carboxylic acid groups (broad SMARTS) is 1. The van der Waals surface area contributed by atoms with Crippen molar-refractivity contribution >= 4 is 34.8 Å². The molecule has 0 radical (unpaired) electrons. The van der Waals surface area contributed by atoms with Crippen molar-refractivity contribution < 1.29 is 9.90 Å². The van der Waals surface area contributed by atoms with Crippen LogP contribution in [0.5, 0.6) is 0 Å². The zero-order valence-corrected chi connectivity index (χ0v) is 18.7. The van der Waals surface area contributed by atoms with Crippen molar-refractivity contribution in [2.75, 3.05) is 24.5 Å². The van der Waals surface area contributed by atoms with E-state index >= 15 is 0 Å². The van der Waals surface area contributed by atoms with E-state index in [9.17, 15) is 9.90 Å².